The van der Waals surface area contributed by atoms with Gasteiger partial charge in [0.2, 0.25) is 0 Å². The summed E-state index contributed by atoms with van der Waals surface area (Å²) in [5.74, 6) is 2.88. The van der Waals surface area contributed by atoms with E-state index >= 15 is 0 Å². The SMILES string of the molecule is N[C@@]12CCC[C@@H]1[C@H]1CC[C@@H]2C1. The van der Waals surface area contributed by atoms with Crippen molar-refractivity contribution in [2.45, 2.75) is 44.1 Å². The van der Waals surface area contributed by atoms with Gasteiger partial charge in [0.25, 0.3) is 0 Å². The number of rotatable bonds is 0. The molecule has 3 aliphatic carbocycles. The first-order valence-corrected chi connectivity index (χ1v) is 5.09. The fraction of sp³-hybridized carbons (Fsp3) is 1.00. The van der Waals surface area contributed by atoms with Crippen molar-refractivity contribution in [2.24, 2.45) is 23.5 Å². The molecular weight excluding hydrogens is 134 g/mol. The first-order chi connectivity index (χ1) is 5.31. The lowest BCUT2D eigenvalue weighted by Gasteiger charge is -2.35. The summed E-state index contributed by atoms with van der Waals surface area (Å²) in [6, 6.07) is 0. The Bertz CT molecular complexity index is 189. The van der Waals surface area contributed by atoms with Gasteiger partial charge in [-0.25, -0.2) is 0 Å². The standard InChI is InChI=1S/C10H17N/c11-10-5-1-2-9(10)7-3-4-8(10)6-7/h7-9H,1-6,11H2/t7-,8+,9+,10+/m0/s1. The largest absolute Gasteiger partial charge is 0.325 e. The molecule has 3 aliphatic rings. The molecule has 2 bridgehead atoms. The van der Waals surface area contributed by atoms with E-state index in [0.717, 1.165) is 17.8 Å². The van der Waals surface area contributed by atoms with Crippen LogP contribution in [0.5, 0.6) is 0 Å². The second-order valence-electron chi connectivity index (χ2n) is 4.88. The van der Waals surface area contributed by atoms with Crippen molar-refractivity contribution in [3.63, 3.8) is 0 Å². The van der Waals surface area contributed by atoms with Gasteiger partial charge in [0.15, 0.2) is 0 Å². The average molecular weight is 151 g/mol. The molecule has 3 fully saturated rings. The minimum absolute atomic E-state index is 0.322. The Kier molecular flexibility index (Phi) is 1.07. The molecule has 3 rings (SSSR count). The third-order valence-electron chi connectivity index (χ3n) is 4.62. The Morgan fingerprint density at radius 1 is 1.18 bits per heavy atom. The van der Waals surface area contributed by atoms with Crippen molar-refractivity contribution in [1.29, 1.82) is 0 Å². The second-order valence-corrected chi connectivity index (χ2v) is 4.88. The van der Waals surface area contributed by atoms with Gasteiger partial charge in [0, 0.05) is 5.54 Å². The molecule has 1 heteroatoms. The van der Waals surface area contributed by atoms with Crippen LogP contribution in [0.1, 0.15) is 38.5 Å². The van der Waals surface area contributed by atoms with E-state index in [4.69, 9.17) is 5.73 Å². The van der Waals surface area contributed by atoms with Gasteiger partial charge in [-0.1, -0.05) is 6.42 Å². The molecule has 3 saturated carbocycles. The molecule has 62 valence electrons. The molecule has 1 nitrogen and oxygen atoms in total. The molecule has 0 spiro atoms. The van der Waals surface area contributed by atoms with Crippen LogP contribution in [0.15, 0.2) is 0 Å². The van der Waals surface area contributed by atoms with Crippen molar-refractivity contribution in [3.05, 3.63) is 0 Å². The molecule has 0 aliphatic heterocycles. The Morgan fingerprint density at radius 3 is 2.91 bits per heavy atom. The smallest absolute Gasteiger partial charge is 0.0214 e. The molecule has 0 radical (unpaired) electrons. The van der Waals surface area contributed by atoms with Crippen molar-refractivity contribution >= 4 is 0 Å². The zero-order chi connectivity index (χ0) is 7.47. The maximum atomic E-state index is 6.45. The van der Waals surface area contributed by atoms with E-state index in [1.165, 1.54) is 38.5 Å². The Hall–Kier alpha value is -0.0400. The van der Waals surface area contributed by atoms with E-state index in [2.05, 4.69) is 0 Å². The van der Waals surface area contributed by atoms with Crippen LogP contribution in [0.2, 0.25) is 0 Å². The van der Waals surface area contributed by atoms with Crippen LogP contribution in [0.3, 0.4) is 0 Å². The topological polar surface area (TPSA) is 26.0 Å². The van der Waals surface area contributed by atoms with Gasteiger partial charge in [-0.2, -0.15) is 0 Å². The highest BCUT2D eigenvalue weighted by atomic mass is 14.9. The third-order valence-corrected chi connectivity index (χ3v) is 4.62. The summed E-state index contributed by atoms with van der Waals surface area (Å²) in [6.07, 6.45) is 8.60. The second kappa shape index (κ2) is 1.82. The van der Waals surface area contributed by atoms with Crippen molar-refractivity contribution in [3.8, 4) is 0 Å². The van der Waals surface area contributed by atoms with Crippen LogP contribution in [-0.2, 0) is 0 Å². The molecule has 0 saturated heterocycles. The highest BCUT2D eigenvalue weighted by Crippen LogP contribution is 2.59. The highest BCUT2D eigenvalue weighted by molar-refractivity contribution is 5.12. The minimum Gasteiger partial charge on any atom is -0.325 e. The number of nitrogens with two attached hydrogens (primary N) is 1. The summed E-state index contributed by atoms with van der Waals surface area (Å²) in [4.78, 5) is 0. The van der Waals surface area contributed by atoms with Crippen molar-refractivity contribution in [1.82, 2.24) is 0 Å². The van der Waals surface area contributed by atoms with Crippen LogP contribution in [0.4, 0.5) is 0 Å². The van der Waals surface area contributed by atoms with Crippen molar-refractivity contribution < 1.29 is 0 Å². The lowest BCUT2D eigenvalue weighted by Crippen LogP contribution is -2.47. The van der Waals surface area contributed by atoms with Crippen LogP contribution in [-0.4, -0.2) is 5.54 Å². The fourth-order valence-electron chi connectivity index (χ4n) is 4.13. The summed E-state index contributed by atoms with van der Waals surface area (Å²) in [5, 5.41) is 0. The van der Waals surface area contributed by atoms with Gasteiger partial charge in [-0.3, -0.25) is 0 Å². The fourth-order valence-corrected chi connectivity index (χ4v) is 4.13. The van der Waals surface area contributed by atoms with Crippen LogP contribution >= 0.6 is 0 Å². The zero-order valence-corrected chi connectivity index (χ0v) is 7.05. The predicted octanol–water partition coefficient (Wildman–Crippen LogP) is 1.91. The van der Waals surface area contributed by atoms with Crippen LogP contribution in [0.25, 0.3) is 0 Å². The third kappa shape index (κ3) is 0.618. The molecule has 0 amide bonds. The lowest BCUT2D eigenvalue weighted by molar-refractivity contribution is 0.210. The normalized spacial score (nSPS) is 60.3. The molecule has 4 atom stereocenters. The summed E-state index contributed by atoms with van der Waals surface area (Å²) in [5.41, 5.74) is 6.77. The summed E-state index contributed by atoms with van der Waals surface area (Å²) in [7, 11) is 0. The van der Waals surface area contributed by atoms with E-state index in [1.54, 1.807) is 0 Å². The summed E-state index contributed by atoms with van der Waals surface area (Å²) < 4.78 is 0. The molecule has 2 N–H and O–H groups in total. The molecule has 0 heterocycles. The van der Waals surface area contributed by atoms with E-state index < -0.39 is 0 Å². The van der Waals surface area contributed by atoms with Crippen molar-refractivity contribution in [2.75, 3.05) is 0 Å². The number of fused-ring (bicyclic) bond motifs is 5. The monoisotopic (exact) mass is 151 g/mol. The van der Waals surface area contributed by atoms with Gasteiger partial charge < -0.3 is 5.73 Å². The van der Waals surface area contributed by atoms with E-state index in [9.17, 15) is 0 Å². The predicted molar refractivity (Wildman–Crippen MR) is 45.1 cm³/mol. The Morgan fingerprint density at radius 2 is 2.09 bits per heavy atom. The average Bonchev–Trinajstić information content (AvgIpc) is 2.54. The molecule has 0 aromatic rings. The van der Waals surface area contributed by atoms with Crippen LogP contribution in [0, 0.1) is 17.8 Å². The summed E-state index contributed by atoms with van der Waals surface area (Å²) in [6.45, 7) is 0. The Balaban J connectivity index is 2.00. The zero-order valence-electron chi connectivity index (χ0n) is 7.05. The first kappa shape index (κ1) is 6.47. The number of hydrogen-bond donors (Lipinski definition) is 1. The quantitative estimate of drug-likeness (QED) is 0.562. The Labute approximate surface area is 68.3 Å². The molecule has 11 heavy (non-hydrogen) atoms. The molecular formula is C10H17N. The maximum Gasteiger partial charge on any atom is 0.0214 e. The highest BCUT2D eigenvalue weighted by Gasteiger charge is 2.57. The summed E-state index contributed by atoms with van der Waals surface area (Å²) >= 11 is 0. The van der Waals surface area contributed by atoms with E-state index in [1.807, 2.05) is 0 Å². The van der Waals surface area contributed by atoms with Gasteiger partial charge in [-0.05, 0) is 49.9 Å². The maximum absolute atomic E-state index is 6.45. The van der Waals surface area contributed by atoms with Crippen LogP contribution < -0.4 is 5.73 Å². The minimum atomic E-state index is 0.322. The first-order valence-electron chi connectivity index (χ1n) is 5.09. The van der Waals surface area contributed by atoms with Gasteiger partial charge >= 0.3 is 0 Å². The number of hydrogen-bond acceptors (Lipinski definition) is 1. The molecule has 0 aromatic carbocycles. The van der Waals surface area contributed by atoms with E-state index in [-0.39, 0.29) is 0 Å². The molecule has 0 aromatic heterocycles. The van der Waals surface area contributed by atoms with Gasteiger partial charge in [-0.15, -0.1) is 0 Å². The lowest BCUT2D eigenvalue weighted by atomic mass is 9.76. The van der Waals surface area contributed by atoms with Gasteiger partial charge in [0.1, 0.15) is 0 Å². The molecule has 0 unspecified atom stereocenters. The van der Waals surface area contributed by atoms with E-state index in [0.29, 0.717) is 5.54 Å². The van der Waals surface area contributed by atoms with Gasteiger partial charge in [0.05, 0.1) is 0 Å².